The zero-order valence-electron chi connectivity index (χ0n) is 6.17. The number of rotatable bonds is 2. The Bertz CT molecular complexity index is 149. The molecule has 0 N–H and O–H groups in total. The quantitative estimate of drug-likeness (QED) is 0.430. The van der Waals surface area contributed by atoms with Crippen LogP contribution < -0.4 is 0 Å². The molecule has 0 saturated heterocycles. The fourth-order valence-corrected chi connectivity index (χ4v) is 0.955. The Hall–Kier alpha value is -0.790. The van der Waals surface area contributed by atoms with E-state index in [9.17, 15) is 4.79 Å². The highest BCUT2D eigenvalue weighted by Crippen LogP contribution is 2.13. The summed E-state index contributed by atoms with van der Waals surface area (Å²) in [5.41, 5.74) is 0. The summed E-state index contributed by atoms with van der Waals surface area (Å²) in [5.74, 6) is -0.100. The highest BCUT2D eigenvalue weighted by molar-refractivity contribution is 5.69. The average molecular weight is 140 g/mol. The number of hydrogen-bond donors (Lipinski definition) is 0. The third-order valence-electron chi connectivity index (χ3n) is 1.54. The van der Waals surface area contributed by atoms with Crippen molar-refractivity contribution >= 4 is 5.97 Å². The summed E-state index contributed by atoms with van der Waals surface area (Å²) < 4.78 is 5.03. The second-order valence-corrected chi connectivity index (χ2v) is 2.39. The first-order chi connectivity index (χ1) is 4.83. The van der Waals surface area contributed by atoms with E-state index in [0.29, 0.717) is 6.42 Å². The summed E-state index contributed by atoms with van der Waals surface area (Å²) in [5, 5.41) is 0. The van der Waals surface area contributed by atoms with Gasteiger partial charge in [0.25, 0.3) is 0 Å². The molecule has 0 aromatic rings. The van der Waals surface area contributed by atoms with Crippen LogP contribution in [0, 0.1) is 0 Å². The Morgan fingerprint density at radius 3 is 3.10 bits per heavy atom. The highest BCUT2D eigenvalue weighted by Gasteiger charge is 2.12. The smallest absolute Gasteiger partial charge is 0.306 e. The van der Waals surface area contributed by atoms with Crippen LogP contribution in [0.3, 0.4) is 0 Å². The third kappa shape index (κ3) is 1.87. The van der Waals surface area contributed by atoms with E-state index >= 15 is 0 Å². The molecule has 0 amide bonds. The molecule has 1 aliphatic rings. The van der Waals surface area contributed by atoms with Crippen LogP contribution >= 0.6 is 0 Å². The van der Waals surface area contributed by atoms with Crippen molar-refractivity contribution in [2.24, 2.45) is 0 Å². The predicted molar refractivity (Wildman–Crippen MR) is 38.5 cm³/mol. The largest absolute Gasteiger partial charge is 0.458 e. The van der Waals surface area contributed by atoms with E-state index in [0.717, 1.165) is 12.8 Å². The van der Waals surface area contributed by atoms with Crippen LogP contribution in [-0.4, -0.2) is 12.1 Å². The molecule has 0 heterocycles. The van der Waals surface area contributed by atoms with Crippen molar-refractivity contribution in [3.05, 3.63) is 12.2 Å². The minimum absolute atomic E-state index is 0.0625. The summed E-state index contributed by atoms with van der Waals surface area (Å²) in [6, 6.07) is 0. The topological polar surface area (TPSA) is 26.3 Å². The van der Waals surface area contributed by atoms with Crippen LogP contribution in [0.4, 0.5) is 0 Å². The zero-order valence-corrected chi connectivity index (χ0v) is 6.17. The Labute approximate surface area is 60.9 Å². The molecule has 0 aromatic carbocycles. The maximum absolute atomic E-state index is 10.7. The molecule has 0 saturated carbocycles. The van der Waals surface area contributed by atoms with Gasteiger partial charge < -0.3 is 4.74 Å². The van der Waals surface area contributed by atoms with Crippen molar-refractivity contribution < 1.29 is 9.53 Å². The number of hydrogen-bond acceptors (Lipinski definition) is 2. The van der Waals surface area contributed by atoms with E-state index in [1.54, 1.807) is 6.92 Å². The van der Waals surface area contributed by atoms with Gasteiger partial charge in [0, 0.05) is 6.42 Å². The number of allylic oxidation sites excluding steroid dienone is 1. The molecule has 0 fully saturated rings. The fraction of sp³-hybridized carbons (Fsp3) is 0.625. The van der Waals surface area contributed by atoms with Gasteiger partial charge in [0.2, 0.25) is 0 Å². The molecule has 1 unspecified atom stereocenters. The van der Waals surface area contributed by atoms with Crippen LogP contribution in [0.25, 0.3) is 0 Å². The third-order valence-corrected chi connectivity index (χ3v) is 1.54. The first-order valence-electron chi connectivity index (χ1n) is 3.69. The molecule has 0 bridgehead atoms. The molecule has 2 heteroatoms. The lowest BCUT2D eigenvalue weighted by atomic mass is 10.3. The van der Waals surface area contributed by atoms with E-state index in [2.05, 4.69) is 0 Å². The lowest BCUT2D eigenvalue weighted by Crippen LogP contribution is -2.12. The van der Waals surface area contributed by atoms with Gasteiger partial charge in [-0.2, -0.15) is 0 Å². The van der Waals surface area contributed by atoms with Gasteiger partial charge in [-0.05, 0) is 18.9 Å². The second-order valence-electron chi connectivity index (χ2n) is 2.39. The molecule has 1 aliphatic carbocycles. The van der Waals surface area contributed by atoms with Gasteiger partial charge in [-0.15, -0.1) is 0 Å². The maximum Gasteiger partial charge on any atom is 0.306 e. The van der Waals surface area contributed by atoms with E-state index < -0.39 is 0 Å². The van der Waals surface area contributed by atoms with Gasteiger partial charge in [0.15, 0.2) is 0 Å². The summed E-state index contributed by atoms with van der Waals surface area (Å²) in [4.78, 5) is 10.7. The van der Waals surface area contributed by atoms with E-state index in [1.165, 1.54) is 0 Å². The van der Waals surface area contributed by atoms with Crippen molar-refractivity contribution in [1.82, 2.24) is 0 Å². The average Bonchev–Trinajstić information content (AvgIpc) is 2.40. The molecule has 0 radical (unpaired) electrons. The first-order valence-corrected chi connectivity index (χ1v) is 3.69. The van der Waals surface area contributed by atoms with Gasteiger partial charge in [-0.25, -0.2) is 0 Å². The monoisotopic (exact) mass is 140 g/mol. The molecular weight excluding hydrogens is 128 g/mol. The molecule has 1 rings (SSSR count). The van der Waals surface area contributed by atoms with E-state index in [1.807, 2.05) is 12.2 Å². The lowest BCUT2D eigenvalue weighted by Gasteiger charge is -2.07. The summed E-state index contributed by atoms with van der Waals surface area (Å²) in [6.45, 7) is 1.81. The zero-order chi connectivity index (χ0) is 7.40. The Kier molecular flexibility index (Phi) is 2.49. The normalized spacial score (nSPS) is 23.1. The highest BCUT2D eigenvalue weighted by atomic mass is 16.5. The molecule has 1 atom stereocenters. The molecular formula is C8H12O2. The molecule has 0 aromatic heterocycles. The minimum atomic E-state index is -0.100. The number of ether oxygens (including phenoxy) is 1. The Morgan fingerprint density at radius 2 is 2.60 bits per heavy atom. The SMILES string of the molecule is CCC(=O)OC1C=CCC1. The van der Waals surface area contributed by atoms with Crippen LogP contribution in [0.15, 0.2) is 12.2 Å². The van der Waals surface area contributed by atoms with Gasteiger partial charge >= 0.3 is 5.97 Å². The minimum Gasteiger partial charge on any atom is -0.458 e. The van der Waals surface area contributed by atoms with Crippen LogP contribution in [0.5, 0.6) is 0 Å². The summed E-state index contributed by atoms with van der Waals surface area (Å²) >= 11 is 0. The standard InChI is InChI=1S/C8H12O2/c1-2-8(9)10-7-5-3-4-6-7/h3,5,7H,2,4,6H2,1H3. The number of carbonyl (C=O) groups is 1. The lowest BCUT2D eigenvalue weighted by molar-refractivity contribution is -0.146. The van der Waals surface area contributed by atoms with Crippen molar-refractivity contribution in [2.75, 3.05) is 0 Å². The maximum atomic E-state index is 10.7. The van der Waals surface area contributed by atoms with Crippen molar-refractivity contribution in [2.45, 2.75) is 32.3 Å². The molecule has 10 heavy (non-hydrogen) atoms. The molecule has 0 spiro atoms. The fourth-order valence-electron chi connectivity index (χ4n) is 0.955. The van der Waals surface area contributed by atoms with Gasteiger partial charge in [0.05, 0.1) is 0 Å². The predicted octanol–water partition coefficient (Wildman–Crippen LogP) is 1.66. The van der Waals surface area contributed by atoms with Crippen LogP contribution in [-0.2, 0) is 9.53 Å². The first kappa shape index (κ1) is 7.32. The number of esters is 1. The second kappa shape index (κ2) is 3.40. The van der Waals surface area contributed by atoms with Crippen LogP contribution in [0.2, 0.25) is 0 Å². The molecule has 56 valence electrons. The summed E-state index contributed by atoms with van der Waals surface area (Å²) in [6.07, 6.45) is 6.55. The Morgan fingerprint density at radius 1 is 1.80 bits per heavy atom. The van der Waals surface area contributed by atoms with Gasteiger partial charge in [0.1, 0.15) is 6.10 Å². The van der Waals surface area contributed by atoms with Crippen LogP contribution in [0.1, 0.15) is 26.2 Å². The van der Waals surface area contributed by atoms with E-state index in [4.69, 9.17) is 4.74 Å². The van der Waals surface area contributed by atoms with Crippen molar-refractivity contribution in [3.8, 4) is 0 Å². The van der Waals surface area contributed by atoms with E-state index in [-0.39, 0.29) is 12.1 Å². The molecule has 2 nitrogen and oxygen atoms in total. The van der Waals surface area contributed by atoms with Gasteiger partial charge in [-0.1, -0.05) is 13.0 Å². The van der Waals surface area contributed by atoms with Crippen molar-refractivity contribution in [3.63, 3.8) is 0 Å². The van der Waals surface area contributed by atoms with Crippen molar-refractivity contribution in [1.29, 1.82) is 0 Å². The number of carbonyl (C=O) groups excluding carboxylic acids is 1. The molecule has 0 aliphatic heterocycles. The van der Waals surface area contributed by atoms with Gasteiger partial charge in [-0.3, -0.25) is 4.79 Å². The summed E-state index contributed by atoms with van der Waals surface area (Å²) in [7, 11) is 0. The Balaban J connectivity index is 2.24.